The minimum Gasteiger partial charge on any atom is -0.351 e. The Morgan fingerprint density at radius 3 is 2.33 bits per heavy atom. The molecular weight excluding hydrogens is 308 g/mol. The summed E-state index contributed by atoms with van der Waals surface area (Å²) in [6, 6.07) is 12.4. The maximum atomic E-state index is 13.7. The third-order valence-corrected chi connectivity index (χ3v) is 4.89. The molecule has 3 rings (SSSR count). The van der Waals surface area contributed by atoms with Gasteiger partial charge in [-0.25, -0.2) is 8.78 Å². The summed E-state index contributed by atoms with van der Waals surface area (Å²) in [5.41, 5.74) is 0.925. The Hall–Kier alpha value is -2.23. The highest BCUT2D eigenvalue weighted by molar-refractivity contribution is 5.88. The highest BCUT2D eigenvalue weighted by Crippen LogP contribution is 2.40. The van der Waals surface area contributed by atoms with Crippen molar-refractivity contribution in [1.29, 1.82) is 0 Å². The molecule has 0 aromatic heterocycles. The SMILES string of the molecule is O=C(NCc1ccc(F)cc1)C1(c2cccc(F)c2)CCCCC1. The lowest BCUT2D eigenvalue weighted by atomic mass is 9.68. The zero-order valence-corrected chi connectivity index (χ0v) is 13.5. The largest absolute Gasteiger partial charge is 0.351 e. The third-order valence-electron chi connectivity index (χ3n) is 4.89. The molecule has 2 aromatic rings. The van der Waals surface area contributed by atoms with Crippen molar-refractivity contribution >= 4 is 5.91 Å². The Kier molecular flexibility index (Phi) is 4.93. The molecule has 0 aliphatic heterocycles. The Morgan fingerprint density at radius 2 is 1.67 bits per heavy atom. The van der Waals surface area contributed by atoms with Crippen molar-refractivity contribution in [2.24, 2.45) is 0 Å². The van der Waals surface area contributed by atoms with Crippen LogP contribution in [0.4, 0.5) is 8.78 Å². The van der Waals surface area contributed by atoms with Crippen LogP contribution in [0.15, 0.2) is 48.5 Å². The molecule has 0 saturated heterocycles. The van der Waals surface area contributed by atoms with Gasteiger partial charge in [0.15, 0.2) is 0 Å². The van der Waals surface area contributed by atoms with E-state index in [0.717, 1.165) is 43.2 Å². The maximum Gasteiger partial charge on any atom is 0.230 e. The molecule has 1 aliphatic rings. The Labute approximate surface area is 140 Å². The number of benzene rings is 2. The standard InChI is InChI=1S/C20H21F2NO/c21-17-9-7-15(8-10-17)14-23-19(24)20(11-2-1-3-12-20)16-5-4-6-18(22)13-16/h4-10,13H,1-3,11-12,14H2,(H,23,24). The van der Waals surface area contributed by atoms with Crippen molar-refractivity contribution < 1.29 is 13.6 Å². The average molecular weight is 329 g/mol. The lowest BCUT2D eigenvalue weighted by Crippen LogP contribution is -2.45. The molecule has 0 spiro atoms. The van der Waals surface area contributed by atoms with Gasteiger partial charge in [-0.15, -0.1) is 0 Å². The van der Waals surface area contributed by atoms with Crippen LogP contribution in [0, 0.1) is 11.6 Å². The van der Waals surface area contributed by atoms with Crippen LogP contribution >= 0.6 is 0 Å². The van der Waals surface area contributed by atoms with E-state index in [1.807, 2.05) is 6.07 Å². The van der Waals surface area contributed by atoms with Crippen molar-refractivity contribution in [3.05, 3.63) is 71.3 Å². The molecule has 1 aliphatic carbocycles. The number of halogens is 2. The molecule has 1 amide bonds. The predicted molar refractivity (Wildman–Crippen MR) is 89.4 cm³/mol. The molecule has 2 nitrogen and oxygen atoms in total. The second kappa shape index (κ2) is 7.12. The maximum absolute atomic E-state index is 13.7. The zero-order chi connectivity index (χ0) is 17.0. The Bertz CT molecular complexity index is 706. The molecule has 4 heteroatoms. The molecule has 0 radical (unpaired) electrons. The average Bonchev–Trinajstić information content (AvgIpc) is 2.61. The predicted octanol–water partition coefficient (Wildman–Crippen LogP) is 4.48. The summed E-state index contributed by atoms with van der Waals surface area (Å²) >= 11 is 0. The first-order valence-electron chi connectivity index (χ1n) is 8.39. The van der Waals surface area contributed by atoms with Crippen LogP contribution < -0.4 is 5.32 Å². The zero-order valence-electron chi connectivity index (χ0n) is 13.5. The summed E-state index contributed by atoms with van der Waals surface area (Å²) in [4.78, 5) is 13.0. The molecule has 24 heavy (non-hydrogen) atoms. The van der Waals surface area contributed by atoms with Crippen LogP contribution in [0.5, 0.6) is 0 Å². The van der Waals surface area contributed by atoms with E-state index in [-0.39, 0.29) is 17.5 Å². The topological polar surface area (TPSA) is 29.1 Å². The van der Waals surface area contributed by atoms with Gasteiger partial charge in [-0.3, -0.25) is 4.79 Å². The first kappa shape index (κ1) is 16.6. The summed E-state index contributed by atoms with van der Waals surface area (Å²) in [5.74, 6) is -0.686. The summed E-state index contributed by atoms with van der Waals surface area (Å²) in [6.45, 7) is 0.343. The van der Waals surface area contributed by atoms with E-state index >= 15 is 0 Å². The van der Waals surface area contributed by atoms with Gasteiger partial charge >= 0.3 is 0 Å². The lowest BCUT2D eigenvalue weighted by molar-refractivity contribution is -0.128. The molecule has 0 bridgehead atoms. The van der Waals surface area contributed by atoms with Gasteiger partial charge in [0.25, 0.3) is 0 Å². The summed E-state index contributed by atoms with van der Waals surface area (Å²) in [5, 5.41) is 2.96. The summed E-state index contributed by atoms with van der Waals surface area (Å²) in [6.07, 6.45) is 4.47. The van der Waals surface area contributed by atoms with Gasteiger partial charge in [0.2, 0.25) is 5.91 Å². The number of amides is 1. The fraction of sp³-hybridized carbons (Fsp3) is 0.350. The van der Waals surface area contributed by atoms with Gasteiger partial charge in [0, 0.05) is 6.54 Å². The number of hydrogen-bond donors (Lipinski definition) is 1. The molecular formula is C20H21F2NO. The van der Waals surface area contributed by atoms with E-state index in [2.05, 4.69) is 5.32 Å². The van der Waals surface area contributed by atoms with Gasteiger partial charge in [-0.2, -0.15) is 0 Å². The van der Waals surface area contributed by atoms with Gasteiger partial charge < -0.3 is 5.32 Å². The number of hydrogen-bond acceptors (Lipinski definition) is 1. The lowest BCUT2D eigenvalue weighted by Gasteiger charge is -2.36. The first-order valence-corrected chi connectivity index (χ1v) is 8.39. The smallest absolute Gasteiger partial charge is 0.230 e. The van der Waals surface area contributed by atoms with Crippen LogP contribution in [0.2, 0.25) is 0 Å². The van der Waals surface area contributed by atoms with Gasteiger partial charge in [-0.05, 0) is 48.2 Å². The minimum atomic E-state index is -0.666. The number of rotatable bonds is 4. The third kappa shape index (κ3) is 3.48. The van der Waals surface area contributed by atoms with Crippen LogP contribution in [0.3, 0.4) is 0 Å². The second-order valence-corrected chi connectivity index (χ2v) is 6.46. The number of nitrogens with one attached hydrogen (secondary N) is 1. The number of carbonyl (C=O) groups excluding carboxylic acids is 1. The summed E-state index contributed by atoms with van der Waals surface area (Å²) in [7, 11) is 0. The quantitative estimate of drug-likeness (QED) is 0.880. The van der Waals surface area contributed by atoms with E-state index in [0.29, 0.717) is 6.54 Å². The Balaban J connectivity index is 1.80. The van der Waals surface area contributed by atoms with Crippen molar-refractivity contribution in [2.45, 2.75) is 44.1 Å². The van der Waals surface area contributed by atoms with Crippen LogP contribution in [-0.4, -0.2) is 5.91 Å². The highest BCUT2D eigenvalue weighted by atomic mass is 19.1. The molecule has 126 valence electrons. The Morgan fingerprint density at radius 1 is 0.958 bits per heavy atom. The molecule has 1 fully saturated rings. The molecule has 0 unspecified atom stereocenters. The second-order valence-electron chi connectivity index (χ2n) is 6.46. The molecule has 2 aromatic carbocycles. The molecule has 1 saturated carbocycles. The van der Waals surface area contributed by atoms with Crippen molar-refractivity contribution in [2.75, 3.05) is 0 Å². The van der Waals surface area contributed by atoms with E-state index in [1.54, 1.807) is 18.2 Å². The van der Waals surface area contributed by atoms with E-state index in [1.165, 1.54) is 24.3 Å². The fourth-order valence-electron chi connectivity index (χ4n) is 3.54. The van der Waals surface area contributed by atoms with Crippen molar-refractivity contribution in [1.82, 2.24) is 5.32 Å². The first-order chi connectivity index (χ1) is 11.6. The summed E-state index contributed by atoms with van der Waals surface area (Å²) < 4.78 is 26.7. The molecule has 0 heterocycles. The van der Waals surface area contributed by atoms with Gasteiger partial charge in [0.05, 0.1) is 5.41 Å². The number of carbonyl (C=O) groups is 1. The van der Waals surface area contributed by atoms with E-state index < -0.39 is 5.41 Å². The van der Waals surface area contributed by atoms with Crippen LogP contribution in [0.25, 0.3) is 0 Å². The van der Waals surface area contributed by atoms with Gasteiger partial charge in [-0.1, -0.05) is 43.5 Å². The van der Waals surface area contributed by atoms with Crippen LogP contribution in [0.1, 0.15) is 43.2 Å². The molecule has 0 atom stereocenters. The van der Waals surface area contributed by atoms with E-state index in [9.17, 15) is 13.6 Å². The molecule has 1 N–H and O–H groups in total. The fourth-order valence-corrected chi connectivity index (χ4v) is 3.54. The van der Waals surface area contributed by atoms with Crippen molar-refractivity contribution in [3.63, 3.8) is 0 Å². The minimum absolute atomic E-state index is 0.0721. The van der Waals surface area contributed by atoms with Crippen molar-refractivity contribution in [3.8, 4) is 0 Å². The normalized spacial score (nSPS) is 16.6. The van der Waals surface area contributed by atoms with Crippen LogP contribution in [-0.2, 0) is 16.8 Å². The van der Waals surface area contributed by atoms with E-state index in [4.69, 9.17) is 0 Å². The van der Waals surface area contributed by atoms with Gasteiger partial charge in [0.1, 0.15) is 11.6 Å². The highest BCUT2D eigenvalue weighted by Gasteiger charge is 2.41. The monoisotopic (exact) mass is 329 g/mol.